The average Bonchev–Trinajstić information content (AvgIpc) is 2.23. The van der Waals surface area contributed by atoms with E-state index in [2.05, 4.69) is 5.32 Å². The van der Waals surface area contributed by atoms with Crippen LogP contribution in [0, 0.1) is 6.92 Å². The van der Waals surface area contributed by atoms with Crippen LogP contribution in [-0.4, -0.2) is 19.1 Å². The van der Waals surface area contributed by atoms with Gasteiger partial charge in [0.05, 0.1) is 23.7 Å². The van der Waals surface area contributed by atoms with Crippen molar-refractivity contribution in [1.82, 2.24) is 0 Å². The van der Waals surface area contributed by atoms with Crippen molar-refractivity contribution in [3.8, 4) is 0 Å². The molecule has 3 nitrogen and oxygen atoms in total. The van der Waals surface area contributed by atoms with Crippen LogP contribution < -0.4 is 5.32 Å². The van der Waals surface area contributed by atoms with Gasteiger partial charge in [-0.05, 0) is 31.5 Å². The van der Waals surface area contributed by atoms with Crippen LogP contribution in [0.2, 0.25) is 5.02 Å². The van der Waals surface area contributed by atoms with Crippen LogP contribution >= 0.6 is 11.6 Å². The van der Waals surface area contributed by atoms with E-state index in [4.69, 9.17) is 16.3 Å². The molecule has 0 aliphatic rings. The Morgan fingerprint density at radius 3 is 2.94 bits per heavy atom. The summed E-state index contributed by atoms with van der Waals surface area (Å²) in [5.41, 5.74) is 1.98. The van der Waals surface area contributed by atoms with E-state index in [1.807, 2.05) is 25.1 Å². The fourth-order valence-corrected chi connectivity index (χ4v) is 1.49. The maximum Gasteiger partial charge on any atom is 0.307 e. The van der Waals surface area contributed by atoms with Crippen LogP contribution in [0.4, 0.5) is 5.69 Å². The quantitative estimate of drug-likeness (QED) is 0.806. The minimum Gasteiger partial charge on any atom is -0.466 e. The number of anilines is 1. The molecular weight excluding hydrogens is 226 g/mol. The molecule has 1 aromatic rings. The summed E-state index contributed by atoms with van der Waals surface area (Å²) in [6.45, 7) is 4.74. The van der Waals surface area contributed by atoms with E-state index in [1.54, 1.807) is 6.92 Å². The van der Waals surface area contributed by atoms with Gasteiger partial charge in [-0.15, -0.1) is 0 Å². The van der Waals surface area contributed by atoms with Gasteiger partial charge in [0, 0.05) is 6.54 Å². The van der Waals surface area contributed by atoms with Crippen LogP contribution in [0.1, 0.15) is 18.9 Å². The Morgan fingerprint density at radius 1 is 1.50 bits per heavy atom. The van der Waals surface area contributed by atoms with Crippen molar-refractivity contribution in [3.63, 3.8) is 0 Å². The molecule has 0 atom stereocenters. The molecule has 0 unspecified atom stereocenters. The van der Waals surface area contributed by atoms with Crippen molar-refractivity contribution in [2.24, 2.45) is 0 Å². The van der Waals surface area contributed by atoms with Crippen LogP contribution in [0.5, 0.6) is 0 Å². The van der Waals surface area contributed by atoms with Gasteiger partial charge in [-0.2, -0.15) is 0 Å². The van der Waals surface area contributed by atoms with Gasteiger partial charge >= 0.3 is 5.97 Å². The lowest BCUT2D eigenvalue weighted by Gasteiger charge is -2.08. The standard InChI is InChI=1S/C12H16ClNO2/c1-3-16-12(15)6-7-14-11-8-9(2)4-5-10(11)13/h4-5,8,14H,3,6-7H2,1-2H3. The van der Waals surface area contributed by atoms with E-state index in [9.17, 15) is 4.79 Å². The van der Waals surface area contributed by atoms with E-state index >= 15 is 0 Å². The topological polar surface area (TPSA) is 38.3 Å². The Labute approximate surface area is 101 Å². The SMILES string of the molecule is CCOC(=O)CCNc1cc(C)ccc1Cl. The van der Waals surface area contributed by atoms with Gasteiger partial charge in [0.15, 0.2) is 0 Å². The number of halogens is 1. The van der Waals surface area contributed by atoms with Crippen LogP contribution in [0.25, 0.3) is 0 Å². The summed E-state index contributed by atoms with van der Waals surface area (Å²) in [5, 5.41) is 3.77. The Morgan fingerprint density at radius 2 is 2.25 bits per heavy atom. The Bertz CT molecular complexity index is 366. The first-order chi connectivity index (χ1) is 7.63. The number of carbonyl (C=O) groups is 1. The molecule has 1 N–H and O–H groups in total. The number of aryl methyl sites for hydroxylation is 1. The molecule has 0 saturated heterocycles. The van der Waals surface area contributed by atoms with Gasteiger partial charge in [-0.3, -0.25) is 4.79 Å². The summed E-state index contributed by atoms with van der Waals surface area (Å²) in [4.78, 5) is 11.1. The zero-order valence-electron chi connectivity index (χ0n) is 9.55. The molecule has 0 radical (unpaired) electrons. The van der Waals surface area contributed by atoms with E-state index < -0.39 is 0 Å². The monoisotopic (exact) mass is 241 g/mol. The number of carbonyl (C=O) groups excluding carboxylic acids is 1. The van der Waals surface area contributed by atoms with E-state index in [1.165, 1.54) is 0 Å². The van der Waals surface area contributed by atoms with Crippen LogP contribution in [-0.2, 0) is 9.53 Å². The van der Waals surface area contributed by atoms with Gasteiger partial charge in [-0.25, -0.2) is 0 Å². The van der Waals surface area contributed by atoms with Crippen molar-refractivity contribution >= 4 is 23.3 Å². The van der Waals surface area contributed by atoms with E-state index in [-0.39, 0.29) is 5.97 Å². The molecule has 16 heavy (non-hydrogen) atoms. The molecule has 0 amide bonds. The minimum absolute atomic E-state index is 0.196. The maximum absolute atomic E-state index is 11.1. The highest BCUT2D eigenvalue weighted by atomic mass is 35.5. The summed E-state index contributed by atoms with van der Waals surface area (Å²) in [6, 6.07) is 5.73. The summed E-state index contributed by atoms with van der Waals surface area (Å²) < 4.78 is 4.82. The molecule has 0 spiro atoms. The molecule has 0 heterocycles. The van der Waals surface area contributed by atoms with Crippen LogP contribution in [0.3, 0.4) is 0 Å². The summed E-state index contributed by atoms with van der Waals surface area (Å²) in [6.07, 6.45) is 0.345. The molecule has 0 saturated carbocycles. The van der Waals surface area contributed by atoms with Crippen LogP contribution in [0.15, 0.2) is 18.2 Å². The molecule has 1 rings (SSSR count). The molecule has 88 valence electrons. The number of nitrogens with one attached hydrogen (secondary N) is 1. The largest absolute Gasteiger partial charge is 0.466 e. The Hall–Kier alpha value is -1.22. The molecule has 0 aromatic heterocycles. The van der Waals surface area contributed by atoms with Gasteiger partial charge in [0.1, 0.15) is 0 Å². The predicted octanol–water partition coefficient (Wildman–Crippen LogP) is 3.01. The second-order valence-corrected chi connectivity index (χ2v) is 3.87. The summed E-state index contributed by atoms with van der Waals surface area (Å²) >= 11 is 5.99. The molecule has 0 fully saturated rings. The number of esters is 1. The number of ether oxygens (including phenoxy) is 1. The molecule has 1 aromatic carbocycles. The summed E-state index contributed by atoms with van der Waals surface area (Å²) in [7, 11) is 0. The Balaban J connectivity index is 2.42. The summed E-state index contributed by atoms with van der Waals surface area (Å²) in [5.74, 6) is -0.196. The third kappa shape index (κ3) is 4.11. The predicted molar refractivity (Wildman–Crippen MR) is 65.9 cm³/mol. The minimum atomic E-state index is -0.196. The fraction of sp³-hybridized carbons (Fsp3) is 0.417. The second kappa shape index (κ2) is 6.38. The lowest BCUT2D eigenvalue weighted by molar-refractivity contribution is -0.142. The van der Waals surface area contributed by atoms with Gasteiger partial charge in [0.25, 0.3) is 0 Å². The number of hydrogen-bond acceptors (Lipinski definition) is 3. The van der Waals surface area contributed by atoms with E-state index in [0.29, 0.717) is 24.6 Å². The highest BCUT2D eigenvalue weighted by molar-refractivity contribution is 6.33. The van der Waals surface area contributed by atoms with Gasteiger partial charge in [0.2, 0.25) is 0 Å². The average molecular weight is 242 g/mol. The Kier molecular flexibility index (Phi) is 5.12. The first-order valence-corrected chi connectivity index (χ1v) is 5.67. The third-order valence-corrected chi connectivity index (χ3v) is 2.40. The lowest BCUT2D eigenvalue weighted by atomic mass is 10.2. The van der Waals surface area contributed by atoms with Crippen molar-refractivity contribution < 1.29 is 9.53 Å². The van der Waals surface area contributed by atoms with Crippen molar-refractivity contribution in [1.29, 1.82) is 0 Å². The normalized spacial score (nSPS) is 9.94. The molecule has 0 bridgehead atoms. The number of rotatable bonds is 5. The molecule has 0 aliphatic carbocycles. The first kappa shape index (κ1) is 12.8. The van der Waals surface area contributed by atoms with Crippen molar-refractivity contribution in [2.45, 2.75) is 20.3 Å². The number of hydrogen-bond donors (Lipinski definition) is 1. The first-order valence-electron chi connectivity index (χ1n) is 5.29. The third-order valence-electron chi connectivity index (χ3n) is 2.07. The molecule has 4 heteroatoms. The second-order valence-electron chi connectivity index (χ2n) is 3.47. The highest BCUT2D eigenvalue weighted by Crippen LogP contribution is 2.22. The number of benzene rings is 1. The van der Waals surface area contributed by atoms with Crippen molar-refractivity contribution in [2.75, 3.05) is 18.5 Å². The zero-order valence-corrected chi connectivity index (χ0v) is 10.3. The van der Waals surface area contributed by atoms with Crippen molar-refractivity contribution in [3.05, 3.63) is 28.8 Å². The smallest absolute Gasteiger partial charge is 0.307 e. The van der Waals surface area contributed by atoms with Gasteiger partial charge < -0.3 is 10.1 Å². The molecule has 0 aliphatic heterocycles. The highest BCUT2D eigenvalue weighted by Gasteiger charge is 2.03. The zero-order chi connectivity index (χ0) is 12.0. The lowest BCUT2D eigenvalue weighted by Crippen LogP contribution is -2.11. The fourth-order valence-electron chi connectivity index (χ4n) is 1.31. The maximum atomic E-state index is 11.1. The van der Waals surface area contributed by atoms with Gasteiger partial charge in [-0.1, -0.05) is 17.7 Å². The molecular formula is C12H16ClNO2. The van der Waals surface area contributed by atoms with E-state index in [0.717, 1.165) is 11.3 Å².